The number of aliphatic hydroxyl groups is 2. The van der Waals surface area contributed by atoms with Crippen molar-refractivity contribution in [1.29, 1.82) is 0 Å². The monoisotopic (exact) mass is 368 g/mol. The van der Waals surface area contributed by atoms with Gasteiger partial charge in [0.05, 0.1) is 24.9 Å². The van der Waals surface area contributed by atoms with E-state index in [0.29, 0.717) is 26.1 Å². The summed E-state index contributed by atoms with van der Waals surface area (Å²) in [5.74, 6) is 4.63. The second kappa shape index (κ2) is 6.24. The zero-order valence-corrected chi connectivity index (χ0v) is 13.9. The largest absolute Gasteiger partial charge is 0.416 e. The summed E-state index contributed by atoms with van der Waals surface area (Å²) in [6.07, 6.45) is -5.23. The number of hydrogen-bond acceptors (Lipinski definition) is 4. The lowest BCUT2D eigenvalue weighted by molar-refractivity contribution is -0.275. The molecule has 2 saturated carbocycles. The molecule has 4 rings (SSSR count). The van der Waals surface area contributed by atoms with E-state index < -0.39 is 29.7 Å². The number of ether oxygens (including phenoxy) is 2. The number of alkyl halides is 3. The van der Waals surface area contributed by atoms with Crippen LogP contribution in [0.5, 0.6) is 0 Å². The third-order valence-corrected chi connectivity index (χ3v) is 5.67. The minimum absolute atomic E-state index is 0.0538. The molecule has 7 heteroatoms. The number of benzene rings is 1. The van der Waals surface area contributed by atoms with E-state index >= 15 is 0 Å². The molecule has 0 aromatic heterocycles. The number of fused-ring (bicyclic) bond motifs is 2. The summed E-state index contributed by atoms with van der Waals surface area (Å²) in [6, 6.07) is 4.48. The van der Waals surface area contributed by atoms with E-state index in [1.54, 1.807) is 0 Å². The highest BCUT2D eigenvalue weighted by atomic mass is 19.4. The Morgan fingerprint density at radius 2 is 1.96 bits per heavy atom. The Morgan fingerprint density at radius 3 is 2.65 bits per heavy atom. The highest BCUT2D eigenvalue weighted by Gasteiger charge is 2.64. The van der Waals surface area contributed by atoms with Gasteiger partial charge in [-0.25, -0.2) is 0 Å². The molecule has 0 bridgehead atoms. The second-order valence-electron chi connectivity index (χ2n) is 7.13. The molecular formula is C19H19F3O4. The maximum absolute atomic E-state index is 12.8. The maximum Gasteiger partial charge on any atom is 0.416 e. The third-order valence-electron chi connectivity index (χ3n) is 5.67. The molecule has 2 aliphatic carbocycles. The number of aliphatic hydroxyl groups excluding tert-OH is 2. The molecule has 3 aliphatic rings. The van der Waals surface area contributed by atoms with Crippen LogP contribution in [-0.2, 0) is 15.7 Å². The van der Waals surface area contributed by atoms with E-state index in [2.05, 4.69) is 11.8 Å². The summed E-state index contributed by atoms with van der Waals surface area (Å²) in [7, 11) is 0. The van der Waals surface area contributed by atoms with Gasteiger partial charge in [0.1, 0.15) is 6.10 Å². The predicted molar refractivity (Wildman–Crippen MR) is 84.5 cm³/mol. The van der Waals surface area contributed by atoms with Gasteiger partial charge in [-0.15, -0.1) is 0 Å². The zero-order valence-electron chi connectivity index (χ0n) is 13.9. The van der Waals surface area contributed by atoms with Crippen molar-refractivity contribution in [2.24, 2.45) is 17.8 Å². The predicted octanol–water partition coefficient (Wildman–Crippen LogP) is 2.50. The maximum atomic E-state index is 12.8. The Bertz CT molecular complexity index is 745. The minimum atomic E-state index is -4.47. The van der Waals surface area contributed by atoms with E-state index in [9.17, 15) is 23.4 Å². The van der Waals surface area contributed by atoms with Crippen LogP contribution in [0.4, 0.5) is 13.2 Å². The van der Waals surface area contributed by atoms with E-state index in [0.717, 1.165) is 12.1 Å². The fourth-order valence-electron chi connectivity index (χ4n) is 4.31. The Hall–Kier alpha value is -1.59. The number of rotatable bonds is 1. The van der Waals surface area contributed by atoms with Crippen LogP contribution in [0.25, 0.3) is 0 Å². The highest BCUT2D eigenvalue weighted by molar-refractivity contribution is 5.32. The summed E-state index contributed by atoms with van der Waals surface area (Å²) >= 11 is 0. The first-order valence-electron chi connectivity index (χ1n) is 8.62. The summed E-state index contributed by atoms with van der Waals surface area (Å²) in [6.45, 7) is 1.09. The summed E-state index contributed by atoms with van der Waals surface area (Å²) in [5, 5.41) is 20.6. The van der Waals surface area contributed by atoms with Gasteiger partial charge >= 0.3 is 6.18 Å². The van der Waals surface area contributed by atoms with Crippen molar-refractivity contribution in [3.05, 3.63) is 35.4 Å². The van der Waals surface area contributed by atoms with Crippen LogP contribution in [0.3, 0.4) is 0 Å². The van der Waals surface area contributed by atoms with Gasteiger partial charge in [-0.05, 0) is 30.0 Å². The van der Waals surface area contributed by atoms with Crippen molar-refractivity contribution in [3.8, 4) is 11.8 Å². The Kier molecular flexibility index (Phi) is 4.27. The molecule has 26 heavy (non-hydrogen) atoms. The molecule has 1 aromatic rings. The van der Waals surface area contributed by atoms with Crippen molar-refractivity contribution < 1.29 is 32.9 Å². The van der Waals surface area contributed by atoms with Crippen LogP contribution >= 0.6 is 0 Å². The zero-order chi connectivity index (χ0) is 18.5. The minimum Gasteiger partial charge on any atom is -0.392 e. The number of halogens is 3. The first-order valence-corrected chi connectivity index (χ1v) is 8.62. The molecule has 1 spiro atoms. The Morgan fingerprint density at radius 1 is 1.23 bits per heavy atom. The van der Waals surface area contributed by atoms with Crippen LogP contribution < -0.4 is 0 Å². The molecule has 3 fully saturated rings. The van der Waals surface area contributed by atoms with Crippen molar-refractivity contribution in [3.63, 3.8) is 0 Å². The van der Waals surface area contributed by atoms with Crippen molar-refractivity contribution in [2.45, 2.75) is 37.0 Å². The van der Waals surface area contributed by atoms with Gasteiger partial charge in [-0.2, -0.15) is 13.2 Å². The van der Waals surface area contributed by atoms with Crippen LogP contribution in [0.15, 0.2) is 24.3 Å². The molecule has 1 heterocycles. The topological polar surface area (TPSA) is 58.9 Å². The Labute approximate surface area is 148 Å². The smallest absolute Gasteiger partial charge is 0.392 e. The molecule has 0 amide bonds. The van der Waals surface area contributed by atoms with Crippen LogP contribution in [0.1, 0.15) is 30.1 Å². The molecule has 140 valence electrons. The lowest BCUT2D eigenvalue weighted by Crippen LogP contribution is -2.54. The molecule has 5 atom stereocenters. The fraction of sp³-hybridized carbons (Fsp3) is 0.579. The summed E-state index contributed by atoms with van der Waals surface area (Å²) in [5.41, 5.74) is -0.742. The van der Waals surface area contributed by atoms with Crippen molar-refractivity contribution in [1.82, 2.24) is 0 Å². The van der Waals surface area contributed by atoms with E-state index in [1.165, 1.54) is 12.1 Å². The summed E-state index contributed by atoms with van der Waals surface area (Å²) in [4.78, 5) is 0. The van der Waals surface area contributed by atoms with E-state index in [4.69, 9.17) is 9.47 Å². The van der Waals surface area contributed by atoms with Crippen LogP contribution in [0, 0.1) is 29.6 Å². The average Bonchev–Trinajstić information content (AvgIpc) is 3.18. The normalized spacial score (nSPS) is 33.3. The first kappa shape index (κ1) is 17.8. The Balaban J connectivity index is 1.46. The van der Waals surface area contributed by atoms with Gasteiger partial charge < -0.3 is 19.7 Å². The molecule has 2 N–H and O–H groups in total. The third kappa shape index (κ3) is 2.91. The molecule has 1 aromatic carbocycles. The van der Waals surface area contributed by atoms with Crippen LogP contribution in [0.2, 0.25) is 0 Å². The van der Waals surface area contributed by atoms with Gasteiger partial charge in [-0.1, -0.05) is 24.0 Å². The highest BCUT2D eigenvalue weighted by Crippen LogP contribution is 2.59. The fourth-order valence-corrected chi connectivity index (χ4v) is 4.31. The quantitative estimate of drug-likeness (QED) is 0.748. The lowest BCUT2D eigenvalue weighted by atomic mass is 9.69. The molecule has 4 nitrogen and oxygen atoms in total. The standard InChI is InChI=1S/C19H19F3O4/c20-19(21,22)13-3-1-2-11(8-13)16(23)5-4-12-9-15-14(17(12)24)10-18(15)25-6-7-26-18/h1-3,8,12,14-17,23-24H,6-7,9-10H2. The van der Waals surface area contributed by atoms with Gasteiger partial charge in [-0.3, -0.25) is 0 Å². The lowest BCUT2D eigenvalue weighted by Gasteiger charge is -2.48. The van der Waals surface area contributed by atoms with E-state index in [-0.39, 0.29) is 23.3 Å². The van der Waals surface area contributed by atoms with Gasteiger partial charge in [0.15, 0.2) is 5.79 Å². The van der Waals surface area contributed by atoms with Gasteiger partial charge in [0.25, 0.3) is 0 Å². The molecule has 0 radical (unpaired) electrons. The molecule has 5 unspecified atom stereocenters. The van der Waals surface area contributed by atoms with Gasteiger partial charge in [0.2, 0.25) is 0 Å². The number of hydrogen-bond donors (Lipinski definition) is 2. The van der Waals surface area contributed by atoms with Crippen molar-refractivity contribution in [2.75, 3.05) is 13.2 Å². The second-order valence-corrected chi connectivity index (χ2v) is 7.13. The summed E-state index contributed by atoms with van der Waals surface area (Å²) < 4.78 is 49.7. The average molecular weight is 368 g/mol. The first-order chi connectivity index (χ1) is 12.3. The SMILES string of the molecule is OC(C#CC1CC2C(CC23OCCO3)C1O)c1cccc(C(F)(F)F)c1. The van der Waals surface area contributed by atoms with Crippen molar-refractivity contribution >= 4 is 0 Å². The molecule has 1 saturated heterocycles. The molecule has 1 aliphatic heterocycles. The molecular weight excluding hydrogens is 349 g/mol. The van der Waals surface area contributed by atoms with Gasteiger partial charge in [0, 0.05) is 18.3 Å². The van der Waals surface area contributed by atoms with E-state index in [1.807, 2.05) is 0 Å². The van der Waals surface area contributed by atoms with Crippen LogP contribution in [-0.4, -0.2) is 35.3 Å².